The topological polar surface area (TPSA) is 21.3 Å². The van der Waals surface area contributed by atoms with E-state index in [1.165, 1.54) is 5.56 Å². The van der Waals surface area contributed by atoms with Crippen molar-refractivity contribution in [3.8, 4) is 5.75 Å². The maximum Gasteiger partial charge on any atom is 0.124 e. The minimum absolute atomic E-state index is 0.279. The van der Waals surface area contributed by atoms with Crippen molar-refractivity contribution in [2.75, 3.05) is 6.54 Å². The summed E-state index contributed by atoms with van der Waals surface area (Å²) >= 11 is 0. The number of benzene rings is 1. The van der Waals surface area contributed by atoms with Crippen LogP contribution >= 0.6 is 0 Å². The molecule has 0 fully saturated rings. The van der Waals surface area contributed by atoms with Gasteiger partial charge in [0.25, 0.3) is 0 Å². The predicted octanol–water partition coefficient (Wildman–Crippen LogP) is 3.61. The Morgan fingerprint density at radius 2 is 1.88 bits per heavy atom. The van der Waals surface area contributed by atoms with Crippen molar-refractivity contribution in [3.63, 3.8) is 0 Å². The van der Waals surface area contributed by atoms with Crippen LogP contribution in [0.1, 0.15) is 39.7 Å². The molecule has 0 unspecified atom stereocenters. The molecule has 0 bridgehead atoms. The van der Waals surface area contributed by atoms with E-state index in [1.807, 2.05) is 6.07 Å². The Morgan fingerprint density at radius 1 is 1.18 bits per heavy atom. The molecule has 0 spiro atoms. The van der Waals surface area contributed by atoms with Crippen LogP contribution in [-0.2, 0) is 6.54 Å². The van der Waals surface area contributed by atoms with Crippen LogP contribution in [0.3, 0.4) is 0 Å². The van der Waals surface area contributed by atoms with E-state index in [0.717, 1.165) is 25.3 Å². The normalized spacial score (nSPS) is 12.8. The lowest BCUT2D eigenvalue weighted by Crippen LogP contribution is -2.20. The monoisotopic (exact) mass is 235 g/mol. The van der Waals surface area contributed by atoms with E-state index in [-0.39, 0.29) is 6.10 Å². The van der Waals surface area contributed by atoms with Crippen molar-refractivity contribution in [1.29, 1.82) is 0 Å². The molecule has 96 valence electrons. The van der Waals surface area contributed by atoms with Crippen molar-refractivity contribution >= 4 is 0 Å². The van der Waals surface area contributed by atoms with Crippen molar-refractivity contribution in [2.24, 2.45) is 5.92 Å². The first kappa shape index (κ1) is 14.0. The fraction of sp³-hybridized carbons (Fsp3) is 0.600. The van der Waals surface area contributed by atoms with E-state index in [2.05, 4.69) is 51.2 Å². The van der Waals surface area contributed by atoms with Gasteiger partial charge in [0.15, 0.2) is 0 Å². The lowest BCUT2D eigenvalue weighted by Gasteiger charge is -2.16. The summed E-state index contributed by atoms with van der Waals surface area (Å²) in [5.74, 6) is 1.69. The van der Waals surface area contributed by atoms with Gasteiger partial charge in [-0.25, -0.2) is 0 Å². The number of hydrogen-bond acceptors (Lipinski definition) is 2. The molecule has 0 aliphatic rings. The van der Waals surface area contributed by atoms with E-state index >= 15 is 0 Å². The fourth-order valence-corrected chi connectivity index (χ4v) is 1.56. The number of rotatable bonds is 7. The van der Waals surface area contributed by atoms with E-state index in [4.69, 9.17) is 4.74 Å². The summed E-state index contributed by atoms with van der Waals surface area (Å²) in [7, 11) is 0. The number of nitrogens with one attached hydrogen (secondary N) is 1. The van der Waals surface area contributed by atoms with Gasteiger partial charge in [0.2, 0.25) is 0 Å². The molecule has 0 saturated carbocycles. The van der Waals surface area contributed by atoms with Gasteiger partial charge in [-0.05, 0) is 31.9 Å². The second kappa shape index (κ2) is 7.33. The van der Waals surface area contributed by atoms with Gasteiger partial charge in [-0.2, -0.15) is 0 Å². The Kier molecular flexibility index (Phi) is 6.06. The Morgan fingerprint density at radius 3 is 2.53 bits per heavy atom. The van der Waals surface area contributed by atoms with E-state index < -0.39 is 0 Å². The molecular formula is C15H25NO. The second-order valence-electron chi connectivity index (χ2n) is 4.97. The Bertz CT molecular complexity index is 322. The minimum Gasteiger partial charge on any atom is -0.490 e. The molecule has 1 N–H and O–H groups in total. The summed E-state index contributed by atoms with van der Waals surface area (Å²) < 4.78 is 5.91. The van der Waals surface area contributed by atoms with Gasteiger partial charge in [-0.1, -0.05) is 39.0 Å². The zero-order valence-electron chi connectivity index (χ0n) is 11.5. The molecule has 0 aromatic heterocycles. The fourth-order valence-electron chi connectivity index (χ4n) is 1.56. The molecular weight excluding hydrogens is 210 g/mol. The summed E-state index contributed by atoms with van der Waals surface area (Å²) in [4.78, 5) is 0. The van der Waals surface area contributed by atoms with Crippen LogP contribution in [0.5, 0.6) is 5.75 Å². The summed E-state index contributed by atoms with van der Waals surface area (Å²) in [6, 6.07) is 8.28. The van der Waals surface area contributed by atoms with Crippen LogP contribution in [0.2, 0.25) is 0 Å². The first-order chi connectivity index (χ1) is 8.13. The molecule has 0 heterocycles. The highest BCUT2D eigenvalue weighted by molar-refractivity contribution is 5.33. The van der Waals surface area contributed by atoms with Crippen LogP contribution in [-0.4, -0.2) is 12.6 Å². The van der Waals surface area contributed by atoms with Gasteiger partial charge >= 0.3 is 0 Å². The first-order valence-corrected chi connectivity index (χ1v) is 6.58. The Hall–Kier alpha value is -1.02. The third-order valence-electron chi connectivity index (χ3n) is 2.74. The summed E-state index contributed by atoms with van der Waals surface area (Å²) in [6.07, 6.45) is 1.31. The third kappa shape index (κ3) is 5.22. The van der Waals surface area contributed by atoms with Crippen LogP contribution in [0.25, 0.3) is 0 Å². The van der Waals surface area contributed by atoms with Crippen LogP contribution in [0.15, 0.2) is 24.3 Å². The van der Waals surface area contributed by atoms with Gasteiger partial charge in [0, 0.05) is 12.1 Å². The SMILES string of the molecule is CC[C@H](C)Oc1ccccc1CNCC(C)C. The van der Waals surface area contributed by atoms with E-state index in [0.29, 0.717) is 5.92 Å². The van der Waals surface area contributed by atoms with Gasteiger partial charge < -0.3 is 10.1 Å². The first-order valence-electron chi connectivity index (χ1n) is 6.58. The highest BCUT2D eigenvalue weighted by Crippen LogP contribution is 2.19. The van der Waals surface area contributed by atoms with Crippen molar-refractivity contribution in [1.82, 2.24) is 5.32 Å². The van der Waals surface area contributed by atoms with Gasteiger partial charge in [-0.3, -0.25) is 0 Å². The van der Waals surface area contributed by atoms with Crippen LogP contribution in [0, 0.1) is 5.92 Å². The molecule has 0 radical (unpaired) electrons. The molecule has 0 saturated heterocycles. The molecule has 1 rings (SSSR count). The largest absolute Gasteiger partial charge is 0.490 e. The molecule has 2 nitrogen and oxygen atoms in total. The molecule has 17 heavy (non-hydrogen) atoms. The van der Waals surface area contributed by atoms with Crippen molar-refractivity contribution < 1.29 is 4.74 Å². The standard InChI is InChI=1S/C15H25NO/c1-5-13(4)17-15-9-7-6-8-14(15)11-16-10-12(2)3/h6-9,12-13,16H,5,10-11H2,1-4H3/t13-/m0/s1. The van der Waals surface area contributed by atoms with Crippen LogP contribution in [0.4, 0.5) is 0 Å². The van der Waals surface area contributed by atoms with E-state index in [1.54, 1.807) is 0 Å². The quantitative estimate of drug-likeness (QED) is 0.779. The second-order valence-corrected chi connectivity index (χ2v) is 4.97. The van der Waals surface area contributed by atoms with Gasteiger partial charge in [0.1, 0.15) is 5.75 Å². The molecule has 0 amide bonds. The number of ether oxygens (including phenoxy) is 1. The highest BCUT2D eigenvalue weighted by atomic mass is 16.5. The molecule has 1 atom stereocenters. The smallest absolute Gasteiger partial charge is 0.124 e. The highest BCUT2D eigenvalue weighted by Gasteiger charge is 2.06. The Labute approximate surface area is 105 Å². The molecule has 1 aromatic rings. The van der Waals surface area contributed by atoms with Gasteiger partial charge in [-0.15, -0.1) is 0 Å². The maximum atomic E-state index is 5.91. The molecule has 0 aliphatic heterocycles. The average Bonchev–Trinajstić information content (AvgIpc) is 2.30. The third-order valence-corrected chi connectivity index (χ3v) is 2.74. The van der Waals surface area contributed by atoms with Crippen LogP contribution < -0.4 is 10.1 Å². The molecule has 0 aliphatic carbocycles. The average molecular weight is 235 g/mol. The number of hydrogen-bond donors (Lipinski definition) is 1. The molecule has 1 aromatic carbocycles. The zero-order chi connectivity index (χ0) is 12.7. The zero-order valence-corrected chi connectivity index (χ0v) is 11.5. The van der Waals surface area contributed by atoms with E-state index in [9.17, 15) is 0 Å². The summed E-state index contributed by atoms with van der Waals surface area (Å²) in [5.41, 5.74) is 1.24. The summed E-state index contributed by atoms with van der Waals surface area (Å²) in [6.45, 7) is 10.6. The number of para-hydroxylation sites is 1. The minimum atomic E-state index is 0.279. The molecule has 2 heteroatoms. The summed E-state index contributed by atoms with van der Waals surface area (Å²) in [5, 5.41) is 3.45. The maximum absolute atomic E-state index is 5.91. The van der Waals surface area contributed by atoms with Crippen molar-refractivity contribution in [2.45, 2.75) is 46.8 Å². The lowest BCUT2D eigenvalue weighted by atomic mass is 10.1. The van der Waals surface area contributed by atoms with Crippen molar-refractivity contribution in [3.05, 3.63) is 29.8 Å². The predicted molar refractivity (Wildman–Crippen MR) is 73.4 cm³/mol. The lowest BCUT2D eigenvalue weighted by molar-refractivity contribution is 0.215. The van der Waals surface area contributed by atoms with Gasteiger partial charge in [0.05, 0.1) is 6.10 Å². The Balaban J connectivity index is 2.57.